The van der Waals surface area contributed by atoms with Crippen LogP contribution in [0.3, 0.4) is 0 Å². The van der Waals surface area contributed by atoms with E-state index in [1.54, 1.807) is 7.11 Å². The lowest BCUT2D eigenvalue weighted by Crippen LogP contribution is -2.38. The first-order chi connectivity index (χ1) is 16.5. The molecule has 0 aliphatic heterocycles. The van der Waals surface area contributed by atoms with Crippen LogP contribution in [-0.2, 0) is 13.0 Å². The molecule has 0 unspecified atom stereocenters. The molecule has 0 bridgehead atoms. The van der Waals surface area contributed by atoms with Crippen LogP contribution >= 0.6 is 12.2 Å². The maximum atomic E-state index is 12.9. The first-order valence-corrected chi connectivity index (χ1v) is 12.5. The number of aromatic amines is 1. The minimum absolute atomic E-state index is 0.0782. The third kappa shape index (κ3) is 6.58. The number of ether oxygens (including phenoxy) is 1. The monoisotopic (exact) mass is 480 g/mol. The third-order valence-electron chi connectivity index (χ3n) is 6.19. The average Bonchev–Trinajstić information content (AvgIpc) is 2.86. The van der Waals surface area contributed by atoms with Gasteiger partial charge in [0.05, 0.1) is 19.3 Å². The van der Waals surface area contributed by atoms with Crippen LogP contribution in [0.1, 0.15) is 38.3 Å². The zero-order valence-corrected chi connectivity index (χ0v) is 21.5. The number of fused-ring (bicyclic) bond motifs is 1. The number of nitrogens with one attached hydrogen (secondary N) is 2. The van der Waals surface area contributed by atoms with Crippen LogP contribution < -0.4 is 15.6 Å². The van der Waals surface area contributed by atoms with E-state index in [1.165, 1.54) is 5.56 Å². The van der Waals surface area contributed by atoms with Crippen LogP contribution in [0.25, 0.3) is 10.9 Å². The number of hydrogen-bond acceptors (Lipinski definition) is 4. The first kappa shape index (κ1) is 25.7. The average molecular weight is 481 g/mol. The second-order valence-corrected chi connectivity index (χ2v) is 8.72. The molecule has 6 nitrogen and oxygen atoms in total. The highest BCUT2D eigenvalue weighted by Crippen LogP contribution is 2.24. The van der Waals surface area contributed by atoms with Crippen LogP contribution in [0.5, 0.6) is 5.75 Å². The molecule has 182 valence electrons. The van der Waals surface area contributed by atoms with Crippen molar-refractivity contribution >= 4 is 33.9 Å². The maximum Gasteiger partial charge on any atom is 0.253 e. The number of benzene rings is 2. The van der Waals surface area contributed by atoms with Gasteiger partial charge in [-0.1, -0.05) is 39.0 Å². The van der Waals surface area contributed by atoms with Gasteiger partial charge in [-0.25, -0.2) is 0 Å². The summed E-state index contributed by atoms with van der Waals surface area (Å²) in [6, 6.07) is 15.9. The summed E-state index contributed by atoms with van der Waals surface area (Å²) in [5.41, 5.74) is 3.53. The number of thiocarbonyl (C=S) groups is 1. The first-order valence-electron chi connectivity index (χ1n) is 12.0. The van der Waals surface area contributed by atoms with Crippen molar-refractivity contribution in [2.75, 3.05) is 38.6 Å². The van der Waals surface area contributed by atoms with Crippen LogP contribution in [0.4, 0.5) is 5.69 Å². The molecular formula is C27H36N4O2S. The Labute approximate surface area is 207 Å². The molecule has 34 heavy (non-hydrogen) atoms. The van der Waals surface area contributed by atoms with Crippen LogP contribution in [0, 0.1) is 0 Å². The summed E-state index contributed by atoms with van der Waals surface area (Å²) in [4.78, 5) is 20.4. The van der Waals surface area contributed by atoms with Gasteiger partial charge < -0.3 is 24.8 Å². The van der Waals surface area contributed by atoms with Crippen molar-refractivity contribution in [1.82, 2.24) is 14.8 Å². The zero-order chi connectivity index (χ0) is 24.5. The second kappa shape index (κ2) is 12.5. The zero-order valence-electron chi connectivity index (χ0n) is 20.7. The second-order valence-electron chi connectivity index (χ2n) is 8.33. The van der Waals surface area contributed by atoms with Gasteiger partial charge in [-0.15, -0.1) is 0 Å². The smallest absolute Gasteiger partial charge is 0.253 e. The highest BCUT2D eigenvalue weighted by atomic mass is 32.1. The Bertz CT molecular complexity index is 1160. The summed E-state index contributed by atoms with van der Waals surface area (Å²) in [7, 11) is 1.64. The van der Waals surface area contributed by atoms with Gasteiger partial charge in [0.1, 0.15) is 5.75 Å². The van der Waals surface area contributed by atoms with Crippen LogP contribution in [-0.4, -0.2) is 53.2 Å². The number of H-pyrrole nitrogens is 1. The van der Waals surface area contributed by atoms with E-state index < -0.39 is 0 Å². The van der Waals surface area contributed by atoms with E-state index in [0.29, 0.717) is 17.2 Å². The number of methoxy groups -OCH3 is 1. The van der Waals surface area contributed by atoms with Crippen molar-refractivity contribution in [2.45, 2.75) is 40.2 Å². The molecule has 1 aromatic heterocycles. The molecule has 0 atom stereocenters. The molecule has 3 rings (SSSR count). The quantitative estimate of drug-likeness (QED) is 0.376. The van der Waals surface area contributed by atoms with E-state index >= 15 is 0 Å². The van der Waals surface area contributed by atoms with E-state index in [-0.39, 0.29) is 5.56 Å². The molecule has 7 heteroatoms. The molecule has 2 aromatic carbocycles. The molecule has 2 N–H and O–H groups in total. The minimum atomic E-state index is -0.0782. The van der Waals surface area contributed by atoms with Crippen LogP contribution in [0.15, 0.2) is 53.3 Å². The van der Waals surface area contributed by atoms with E-state index in [2.05, 4.69) is 53.0 Å². The van der Waals surface area contributed by atoms with Crippen molar-refractivity contribution in [3.8, 4) is 5.75 Å². The summed E-state index contributed by atoms with van der Waals surface area (Å²) in [6.45, 7) is 10.7. The number of anilines is 1. The third-order valence-corrected chi connectivity index (χ3v) is 6.55. The van der Waals surface area contributed by atoms with Gasteiger partial charge in [0.2, 0.25) is 0 Å². The molecule has 3 aromatic rings. The van der Waals surface area contributed by atoms with Crippen LogP contribution in [0.2, 0.25) is 0 Å². The summed E-state index contributed by atoms with van der Waals surface area (Å²) in [5.74, 6) is 0.726. The summed E-state index contributed by atoms with van der Waals surface area (Å²) in [6.07, 6.45) is 1.90. The number of para-hydroxylation sites is 2. The SMILES string of the molecule is CCc1ccc2[nH]c(=O)c(CN(CCCN(CC)CC)C(=S)Nc3ccccc3OC)cc2c1. The van der Waals surface area contributed by atoms with Crippen molar-refractivity contribution in [3.05, 3.63) is 70.0 Å². The Morgan fingerprint density at radius 3 is 2.53 bits per heavy atom. The van der Waals surface area contributed by atoms with Gasteiger partial charge in [0.15, 0.2) is 5.11 Å². The van der Waals surface area contributed by atoms with Crippen molar-refractivity contribution < 1.29 is 4.74 Å². The van der Waals surface area contributed by atoms with E-state index in [1.807, 2.05) is 36.4 Å². The van der Waals surface area contributed by atoms with Gasteiger partial charge >= 0.3 is 0 Å². The molecule has 0 saturated heterocycles. The number of nitrogens with zero attached hydrogens (tertiary/aromatic N) is 2. The van der Waals surface area contributed by atoms with Gasteiger partial charge in [0, 0.05) is 17.6 Å². The van der Waals surface area contributed by atoms with E-state index in [4.69, 9.17) is 17.0 Å². The predicted octanol–water partition coefficient (Wildman–Crippen LogP) is 5.03. The Morgan fingerprint density at radius 1 is 1.06 bits per heavy atom. The topological polar surface area (TPSA) is 60.6 Å². The Kier molecular flexibility index (Phi) is 9.48. The maximum absolute atomic E-state index is 12.9. The van der Waals surface area contributed by atoms with Crippen molar-refractivity contribution in [3.63, 3.8) is 0 Å². The molecule has 0 fully saturated rings. The van der Waals surface area contributed by atoms with E-state index in [0.717, 1.165) is 61.4 Å². The number of pyridine rings is 1. The molecular weight excluding hydrogens is 444 g/mol. The fourth-order valence-electron chi connectivity index (χ4n) is 4.06. The standard InChI is InChI=1S/C27H36N4O2S/c1-5-20-13-14-23-21(17-20)18-22(26(32)28-23)19-31(16-10-15-30(6-2)7-3)27(34)29-24-11-8-9-12-25(24)33-4/h8-9,11-14,17-18H,5-7,10,15-16,19H2,1-4H3,(H,28,32)(H,29,34). The fourth-order valence-corrected chi connectivity index (χ4v) is 4.33. The number of hydrogen-bond donors (Lipinski definition) is 2. The Morgan fingerprint density at radius 2 is 1.82 bits per heavy atom. The lowest BCUT2D eigenvalue weighted by atomic mass is 10.1. The molecule has 1 heterocycles. The van der Waals surface area contributed by atoms with Gasteiger partial charge in [0.25, 0.3) is 5.56 Å². The summed E-state index contributed by atoms with van der Waals surface area (Å²) < 4.78 is 5.47. The van der Waals surface area contributed by atoms with E-state index in [9.17, 15) is 4.79 Å². The largest absolute Gasteiger partial charge is 0.495 e. The Hall–Kier alpha value is -2.90. The normalized spacial score (nSPS) is 11.1. The number of aromatic nitrogens is 1. The molecule has 0 aliphatic carbocycles. The molecule has 0 spiro atoms. The minimum Gasteiger partial charge on any atom is -0.495 e. The van der Waals surface area contributed by atoms with Crippen molar-refractivity contribution in [1.29, 1.82) is 0 Å². The lowest BCUT2D eigenvalue weighted by Gasteiger charge is -2.27. The van der Waals surface area contributed by atoms with Gasteiger partial charge in [-0.3, -0.25) is 4.79 Å². The lowest BCUT2D eigenvalue weighted by molar-refractivity contribution is 0.281. The highest BCUT2D eigenvalue weighted by molar-refractivity contribution is 7.80. The molecule has 0 aliphatic rings. The molecule has 0 amide bonds. The molecule has 0 saturated carbocycles. The van der Waals surface area contributed by atoms with Gasteiger partial charge in [-0.2, -0.15) is 0 Å². The number of rotatable bonds is 11. The Balaban J connectivity index is 1.85. The molecule has 0 radical (unpaired) electrons. The summed E-state index contributed by atoms with van der Waals surface area (Å²) >= 11 is 5.81. The summed E-state index contributed by atoms with van der Waals surface area (Å²) in [5, 5.41) is 4.95. The number of aryl methyl sites for hydroxylation is 1. The fraction of sp³-hybridized carbons (Fsp3) is 0.407. The van der Waals surface area contributed by atoms with Crippen molar-refractivity contribution in [2.24, 2.45) is 0 Å². The highest BCUT2D eigenvalue weighted by Gasteiger charge is 2.15. The van der Waals surface area contributed by atoms with Gasteiger partial charge in [-0.05, 0) is 86.0 Å². The predicted molar refractivity (Wildman–Crippen MR) is 146 cm³/mol.